The lowest BCUT2D eigenvalue weighted by molar-refractivity contribution is 0.165. The molecule has 0 radical (unpaired) electrons. The lowest BCUT2D eigenvalue weighted by atomic mass is 9.87. The van der Waals surface area contributed by atoms with E-state index in [4.69, 9.17) is 5.73 Å². The van der Waals surface area contributed by atoms with Crippen molar-refractivity contribution in [1.82, 2.24) is 9.80 Å². The number of nitrogens with two attached hydrogens (primary N) is 1. The van der Waals surface area contributed by atoms with Crippen LogP contribution >= 0.6 is 0 Å². The van der Waals surface area contributed by atoms with Crippen molar-refractivity contribution in [2.45, 2.75) is 33.6 Å². The summed E-state index contributed by atoms with van der Waals surface area (Å²) in [6, 6.07) is 0. The quantitative estimate of drug-likeness (QED) is 0.652. The molecule has 0 aromatic heterocycles. The summed E-state index contributed by atoms with van der Waals surface area (Å²) in [5.41, 5.74) is 6.15. The molecule has 0 aliphatic rings. The molecule has 2 N–H and O–H groups in total. The minimum Gasteiger partial charge on any atom is -0.330 e. The SMILES string of the molecule is CCN(CCCN(C)C)CC(C)(CC)CN. The van der Waals surface area contributed by atoms with Crippen molar-refractivity contribution < 1.29 is 0 Å². The van der Waals surface area contributed by atoms with Gasteiger partial charge in [-0.15, -0.1) is 0 Å². The highest BCUT2D eigenvalue weighted by Crippen LogP contribution is 2.20. The molecule has 0 saturated heterocycles. The van der Waals surface area contributed by atoms with Crippen LogP contribution in [0, 0.1) is 5.41 Å². The molecule has 0 bridgehead atoms. The molecule has 98 valence electrons. The van der Waals surface area contributed by atoms with E-state index in [1.54, 1.807) is 0 Å². The van der Waals surface area contributed by atoms with Gasteiger partial charge in [0.15, 0.2) is 0 Å². The third-order valence-corrected chi connectivity index (χ3v) is 3.48. The van der Waals surface area contributed by atoms with Gasteiger partial charge in [0.1, 0.15) is 0 Å². The molecule has 0 spiro atoms. The van der Waals surface area contributed by atoms with Crippen LogP contribution < -0.4 is 5.73 Å². The minimum absolute atomic E-state index is 0.286. The fourth-order valence-corrected chi connectivity index (χ4v) is 1.82. The number of hydrogen-bond acceptors (Lipinski definition) is 3. The summed E-state index contributed by atoms with van der Waals surface area (Å²) >= 11 is 0. The van der Waals surface area contributed by atoms with Gasteiger partial charge in [-0.25, -0.2) is 0 Å². The van der Waals surface area contributed by atoms with Crippen molar-refractivity contribution in [3.8, 4) is 0 Å². The van der Waals surface area contributed by atoms with Crippen LogP contribution in [0.1, 0.15) is 33.6 Å². The van der Waals surface area contributed by atoms with Gasteiger partial charge in [0.25, 0.3) is 0 Å². The van der Waals surface area contributed by atoms with Crippen molar-refractivity contribution in [3.05, 3.63) is 0 Å². The second kappa shape index (κ2) is 8.04. The molecule has 0 aliphatic heterocycles. The van der Waals surface area contributed by atoms with E-state index in [9.17, 15) is 0 Å². The Kier molecular flexibility index (Phi) is 7.98. The Labute approximate surface area is 102 Å². The van der Waals surface area contributed by atoms with Crippen LogP contribution in [-0.4, -0.2) is 56.6 Å². The monoisotopic (exact) mass is 229 g/mol. The van der Waals surface area contributed by atoms with Crippen LogP contribution in [0.4, 0.5) is 0 Å². The van der Waals surface area contributed by atoms with Gasteiger partial charge in [0, 0.05) is 6.54 Å². The molecule has 16 heavy (non-hydrogen) atoms. The summed E-state index contributed by atoms with van der Waals surface area (Å²) in [6.07, 6.45) is 2.40. The molecule has 0 aliphatic carbocycles. The van der Waals surface area contributed by atoms with Gasteiger partial charge in [-0.05, 0) is 58.5 Å². The summed E-state index contributed by atoms with van der Waals surface area (Å²) in [5.74, 6) is 0. The maximum Gasteiger partial charge on any atom is 0.00472 e. The molecule has 3 nitrogen and oxygen atoms in total. The van der Waals surface area contributed by atoms with Crippen LogP contribution in [-0.2, 0) is 0 Å². The van der Waals surface area contributed by atoms with Gasteiger partial charge in [-0.3, -0.25) is 0 Å². The Morgan fingerprint density at radius 1 is 1.12 bits per heavy atom. The van der Waals surface area contributed by atoms with Gasteiger partial charge < -0.3 is 15.5 Å². The van der Waals surface area contributed by atoms with Gasteiger partial charge in [0.2, 0.25) is 0 Å². The third kappa shape index (κ3) is 6.46. The second-order valence-corrected chi connectivity index (χ2v) is 5.39. The topological polar surface area (TPSA) is 32.5 Å². The average molecular weight is 229 g/mol. The van der Waals surface area contributed by atoms with E-state index >= 15 is 0 Å². The predicted molar refractivity (Wildman–Crippen MR) is 72.7 cm³/mol. The first kappa shape index (κ1) is 15.9. The van der Waals surface area contributed by atoms with Gasteiger partial charge in [-0.1, -0.05) is 20.8 Å². The normalized spacial score (nSPS) is 15.8. The summed E-state index contributed by atoms with van der Waals surface area (Å²) in [6.45, 7) is 12.2. The van der Waals surface area contributed by atoms with E-state index in [-0.39, 0.29) is 5.41 Å². The summed E-state index contributed by atoms with van der Waals surface area (Å²) in [4.78, 5) is 4.77. The molecule has 1 atom stereocenters. The molecule has 1 unspecified atom stereocenters. The smallest absolute Gasteiger partial charge is 0.00472 e. The molecular formula is C13H31N3. The van der Waals surface area contributed by atoms with Crippen molar-refractivity contribution in [2.24, 2.45) is 11.1 Å². The van der Waals surface area contributed by atoms with Crippen LogP contribution in [0.3, 0.4) is 0 Å². The number of hydrogen-bond donors (Lipinski definition) is 1. The van der Waals surface area contributed by atoms with Gasteiger partial charge in [-0.2, -0.15) is 0 Å². The number of nitrogens with zero attached hydrogens (tertiary/aromatic N) is 2. The van der Waals surface area contributed by atoms with Crippen molar-refractivity contribution in [2.75, 3.05) is 46.8 Å². The van der Waals surface area contributed by atoms with Crippen molar-refractivity contribution in [3.63, 3.8) is 0 Å². The van der Waals surface area contributed by atoms with E-state index in [1.165, 1.54) is 19.5 Å². The Hall–Kier alpha value is -0.120. The third-order valence-electron chi connectivity index (χ3n) is 3.48. The lowest BCUT2D eigenvalue weighted by Crippen LogP contribution is -2.41. The zero-order valence-electron chi connectivity index (χ0n) is 11.9. The van der Waals surface area contributed by atoms with Gasteiger partial charge in [0.05, 0.1) is 0 Å². The second-order valence-electron chi connectivity index (χ2n) is 5.39. The first-order valence-electron chi connectivity index (χ1n) is 6.54. The highest BCUT2D eigenvalue weighted by atomic mass is 15.1. The zero-order chi connectivity index (χ0) is 12.6. The highest BCUT2D eigenvalue weighted by molar-refractivity contribution is 4.77. The van der Waals surface area contributed by atoms with E-state index < -0.39 is 0 Å². The maximum atomic E-state index is 5.86. The molecule has 0 rings (SSSR count). The fraction of sp³-hybridized carbons (Fsp3) is 1.00. The molecule has 0 fully saturated rings. The Morgan fingerprint density at radius 2 is 1.75 bits per heavy atom. The molecule has 0 aromatic rings. The molecular weight excluding hydrogens is 198 g/mol. The molecule has 3 heteroatoms. The average Bonchev–Trinajstić information content (AvgIpc) is 2.27. The van der Waals surface area contributed by atoms with Crippen LogP contribution in [0.2, 0.25) is 0 Å². The molecule has 0 saturated carbocycles. The van der Waals surface area contributed by atoms with E-state index in [0.29, 0.717) is 0 Å². The Morgan fingerprint density at radius 3 is 2.12 bits per heavy atom. The van der Waals surface area contributed by atoms with Crippen LogP contribution in [0.5, 0.6) is 0 Å². The van der Waals surface area contributed by atoms with E-state index in [2.05, 4.69) is 44.7 Å². The minimum atomic E-state index is 0.286. The first-order chi connectivity index (χ1) is 7.47. The first-order valence-corrected chi connectivity index (χ1v) is 6.54. The Balaban J connectivity index is 3.99. The lowest BCUT2D eigenvalue weighted by Gasteiger charge is -2.33. The summed E-state index contributed by atoms with van der Waals surface area (Å²) < 4.78 is 0. The van der Waals surface area contributed by atoms with E-state index in [0.717, 1.165) is 26.1 Å². The largest absolute Gasteiger partial charge is 0.330 e. The number of rotatable bonds is 9. The zero-order valence-corrected chi connectivity index (χ0v) is 11.9. The molecule has 0 heterocycles. The predicted octanol–water partition coefficient (Wildman–Crippen LogP) is 1.64. The fourth-order valence-electron chi connectivity index (χ4n) is 1.82. The highest BCUT2D eigenvalue weighted by Gasteiger charge is 2.22. The Bertz CT molecular complexity index is 165. The van der Waals surface area contributed by atoms with Crippen molar-refractivity contribution in [1.29, 1.82) is 0 Å². The molecule has 0 amide bonds. The van der Waals surface area contributed by atoms with Crippen LogP contribution in [0.15, 0.2) is 0 Å². The summed E-state index contributed by atoms with van der Waals surface area (Å²) in [5, 5.41) is 0. The standard InChI is InChI=1S/C13H31N3/c1-6-13(3,11-14)12-16(7-2)10-8-9-15(4)5/h6-12,14H2,1-5H3. The van der Waals surface area contributed by atoms with Crippen molar-refractivity contribution >= 4 is 0 Å². The van der Waals surface area contributed by atoms with Crippen LogP contribution in [0.25, 0.3) is 0 Å². The maximum absolute atomic E-state index is 5.86. The molecule has 0 aromatic carbocycles. The van der Waals surface area contributed by atoms with Gasteiger partial charge >= 0.3 is 0 Å². The van der Waals surface area contributed by atoms with E-state index in [1.807, 2.05) is 0 Å². The summed E-state index contributed by atoms with van der Waals surface area (Å²) in [7, 11) is 4.26.